The summed E-state index contributed by atoms with van der Waals surface area (Å²) < 4.78 is 54.6. The van der Waals surface area contributed by atoms with Crippen molar-refractivity contribution >= 4 is 40.7 Å². The van der Waals surface area contributed by atoms with Crippen LogP contribution in [0.5, 0.6) is 0 Å². The second kappa shape index (κ2) is 11.3. The summed E-state index contributed by atoms with van der Waals surface area (Å²) in [5.74, 6) is -0.802. The number of nitro benzene ring substituents is 1. The first-order chi connectivity index (χ1) is 20.3. The van der Waals surface area contributed by atoms with Crippen molar-refractivity contribution in [3.05, 3.63) is 117 Å². The molecule has 9 nitrogen and oxygen atoms in total. The SMILES string of the molecule is CCOC(=O)C1=C(C(F)(F)F)N=c2s/c(=C\c3ccc(-c4cc(C)c(C)c([N+](=O)[O-])c4)o3)c(=O)n2[C@@H]1c1ccc(Cl)cc1. The number of fused-ring (bicyclic) bond motifs is 1. The third kappa shape index (κ3) is 5.65. The molecule has 3 heterocycles. The van der Waals surface area contributed by atoms with Gasteiger partial charge in [-0.2, -0.15) is 13.2 Å². The van der Waals surface area contributed by atoms with E-state index in [0.29, 0.717) is 33.0 Å². The molecule has 0 amide bonds. The van der Waals surface area contributed by atoms with Gasteiger partial charge in [-0.15, -0.1) is 0 Å². The molecule has 222 valence electrons. The molecule has 1 aliphatic rings. The number of thiazole rings is 1. The lowest BCUT2D eigenvalue weighted by molar-refractivity contribution is -0.385. The summed E-state index contributed by atoms with van der Waals surface area (Å²) >= 11 is 6.68. The van der Waals surface area contributed by atoms with Gasteiger partial charge in [0.25, 0.3) is 11.2 Å². The monoisotopic (exact) mass is 631 g/mol. The number of carbonyl (C=O) groups excluding carboxylic acids is 1. The van der Waals surface area contributed by atoms with Gasteiger partial charge < -0.3 is 9.15 Å². The lowest BCUT2D eigenvalue weighted by Gasteiger charge is -2.26. The highest BCUT2D eigenvalue weighted by Crippen LogP contribution is 2.38. The fourth-order valence-corrected chi connectivity index (χ4v) is 5.80. The molecule has 4 aromatic rings. The van der Waals surface area contributed by atoms with E-state index in [0.717, 1.165) is 4.57 Å². The number of aromatic nitrogens is 1. The number of aryl methyl sites for hydroxylation is 1. The molecule has 0 spiro atoms. The first kappa shape index (κ1) is 30.0. The highest BCUT2D eigenvalue weighted by atomic mass is 35.5. The lowest BCUT2D eigenvalue weighted by Crippen LogP contribution is -2.41. The number of hydrogen-bond acceptors (Lipinski definition) is 8. The Morgan fingerprint density at radius 2 is 1.91 bits per heavy atom. The van der Waals surface area contributed by atoms with Gasteiger partial charge in [0.05, 0.1) is 27.7 Å². The first-order valence-corrected chi connectivity index (χ1v) is 13.9. The van der Waals surface area contributed by atoms with Gasteiger partial charge in [-0.05, 0) is 62.2 Å². The molecular formula is C29H21ClF3N3O6S. The molecule has 0 radical (unpaired) electrons. The Kier molecular flexibility index (Phi) is 7.88. The standard InChI is InChI=1S/C29H21ClF3N3O6S/c1-4-41-27(38)23-24(16-5-7-18(30)8-6-16)35-26(37)22(43-28(35)34-25(23)29(31,32)33)13-19-9-10-21(42-19)17-11-14(2)15(3)20(12-17)36(39)40/h5-13,24H,4H2,1-3H3/b22-13-/t24-/m1/s1. The lowest BCUT2D eigenvalue weighted by atomic mass is 9.95. The Bertz CT molecular complexity index is 1990. The van der Waals surface area contributed by atoms with E-state index >= 15 is 0 Å². The van der Waals surface area contributed by atoms with Crippen LogP contribution in [0.3, 0.4) is 0 Å². The number of alkyl halides is 3. The molecule has 14 heteroatoms. The van der Waals surface area contributed by atoms with Crippen molar-refractivity contribution in [1.82, 2.24) is 4.57 Å². The van der Waals surface area contributed by atoms with Gasteiger partial charge in [-0.3, -0.25) is 19.5 Å². The van der Waals surface area contributed by atoms with E-state index in [2.05, 4.69) is 4.99 Å². The highest BCUT2D eigenvalue weighted by molar-refractivity contribution is 7.07. The second-order valence-electron chi connectivity index (χ2n) is 9.51. The molecule has 0 aliphatic carbocycles. The number of nitrogens with zero attached hydrogens (tertiary/aromatic N) is 3. The fourth-order valence-electron chi connectivity index (χ4n) is 4.69. The minimum atomic E-state index is -5.04. The minimum Gasteiger partial charge on any atom is -0.463 e. The molecule has 0 unspecified atom stereocenters. The smallest absolute Gasteiger partial charge is 0.434 e. The number of furan rings is 1. The predicted molar refractivity (Wildman–Crippen MR) is 153 cm³/mol. The van der Waals surface area contributed by atoms with Gasteiger partial charge in [-0.25, -0.2) is 9.79 Å². The number of halogens is 4. The summed E-state index contributed by atoms with van der Waals surface area (Å²) in [5.41, 5.74) is -1.27. The minimum absolute atomic E-state index is 0.0173. The fraction of sp³-hybridized carbons (Fsp3) is 0.207. The summed E-state index contributed by atoms with van der Waals surface area (Å²) in [4.78, 5) is 41.1. The van der Waals surface area contributed by atoms with Crippen LogP contribution in [-0.4, -0.2) is 28.2 Å². The van der Waals surface area contributed by atoms with E-state index in [4.69, 9.17) is 20.8 Å². The van der Waals surface area contributed by atoms with Crippen molar-refractivity contribution in [2.45, 2.75) is 33.0 Å². The van der Waals surface area contributed by atoms with Crippen LogP contribution in [0.15, 0.2) is 74.0 Å². The maximum absolute atomic E-state index is 14.3. The van der Waals surface area contributed by atoms with E-state index in [1.807, 2.05) is 0 Å². The van der Waals surface area contributed by atoms with Crippen LogP contribution < -0.4 is 14.9 Å². The van der Waals surface area contributed by atoms with Gasteiger partial charge in [0.1, 0.15) is 11.5 Å². The third-order valence-corrected chi connectivity index (χ3v) is 8.04. The largest absolute Gasteiger partial charge is 0.463 e. The van der Waals surface area contributed by atoms with Gasteiger partial charge in [0.15, 0.2) is 10.5 Å². The number of benzene rings is 2. The van der Waals surface area contributed by atoms with Gasteiger partial charge in [-0.1, -0.05) is 35.1 Å². The van der Waals surface area contributed by atoms with Gasteiger partial charge in [0, 0.05) is 28.3 Å². The Morgan fingerprint density at radius 3 is 2.53 bits per heavy atom. The number of rotatable bonds is 6. The van der Waals surface area contributed by atoms with Crippen LogP contribution in [0.1, 0.15) is 35.4 Å². The summed E-state index contributed by atoms with van der Waals surface area (Å²) in [6, 6.07) is 10.4. The Balaban J connectivity index is 1.69. The van der Waals surface area contributed by atoms with Crippen LogP contribution in [0.2, 0.25) is 5.02 Å². The molecular weight excluding hydrogens is 611 g/mol. The molecule has 0 fully saturated rings. The molecule has 1 atom stereocenters. The Morgan fingerprint density at radius 1 is 1.21 bits per heavy atom. The number of allylic oxidation sites excluding steroid dienone is 1. The average Bonchev–Trinajstić information content (AvgIpc) is 3.53. The van der Waals surface area contributed by atoms with E-state index in [1.165, 1.54) is 49.4 Å². The van der Waals surface area contributed by atoms with Crippen LogP contribution in [0, 0.1) is 24.0 Å². The third-order valence-electron chi connectivity index (χ3n) is 6.80. The molecule has 5 rings (SSSR count). The molecule has 0 N–H and O–H groups in total. The van der Waals surface area contributed by atoms with Crippen molar-refractivity contribution in [1.29, 1.82) is 0 Å². The molecule has 1 aliphatic heterocycles. The molecule has 0 saturated carbocycles. The zero-order chi connectivity index (χ0) is 31.2. The van der Waals surface area contributed by atoms with Crippen LogP contribution >= 0.6 is 22.9 Å². The number of carbonyl (C=O) groups is 1. The van der Waals surface area contributed by atoms with Crippen LogP contribution in [-0.2, 0) is 9.53 Å². The van der Waals surface area contributed by atoms with Crippen molar-refractivity contribution < 1.29 is 32.0 Å². The topological polar surface area (TPSA) is 117 Å². The van der Waals surface area contributed by atoms with Gasteiger partial charge >= 0.3 is 12.1 Å². The van der Waals surface area contributed by atoms with Crippen LogP contribution in [0.4, 0.5) is 18.9 Å². The van der Waals surface area contributed by atoms with Crippen molar-refractivity contribution in [2.24, 2.45) is 4.99 Å². The molecule has 43 heavy (non-hydrogen) atoms. The zero-order valence-corrected chi connectivity index (χ0v) is 24.3. The number of hydrogen-bond donors (Lipinski definition) is 0. The molecule has 2 aromatic heterocycles. The average molecular weight is 632 g/mol. The molecule has 2 aromatic carbocycles. The summed E-state index contributed by atoms with van der Waals surface area (Å²) in [6.07, 6.45) is -3.70. The summed E-state index contributed by atoms with van der Waals surface area (Å²) in [7, 11) is 0. The first-order valence-electron chi connectivity index (χ1n) is 12.7. The van der Waals surface area contributed by atoms with Crippen molar-refractivity contribution in [2.75, 3.05) is 6.61 Å². The quantitative estimate of drug-likeness (QED) is 0.151. The Labute approximate surface area is 250 Å². The molecule has 0 bridgehead atoms. The maximum Gasteiger partial charge on any atom is 0.434 e. The molecule has 0 saturated heterocycles. The normalized spacial score (nSPS) is 15.3. The van der Waals surface area contributed by atoms with Gasteiger partial charge in [0.2, 0.25) is 0 Å². The maximum atomic E-state index is 14.3. The van der Waals surface area contributed by atoms with Crippen molar-refractivity contribution in [3.8, 4) is 11.3 Å². The predicted octanol–water partition coefficient (Wildman–Crippen LogP) is 5.78. The summed E-state index contributed by atoms with van der Waals surface area (Å²) in [6.45, 7) is 4.62. The van der Waals surface area contributed by atoms with E-state index in [-0.39, 0.29) is 38.7 Å². The van der Waals surface area contributed by atoms with E-state index in [1.54, 1.807) is 26.0 Å². The second-order valence-corrected chi connectivity index (χ2v) is 11.0. The Hall–Kier alpha value is -4.49. The zero-order valence-electron chi connectivity index (χ0n) is 22.7. The van der Waals surface area contributed by atoms with E-state index < -0.39 is 39.9 Å². The number of nitro groups is 1. The number of esters is 1. The van der Waals surface area contributed by atoms with E-state index in [9.17, 15) is 32.9 Å². The van der Waals surface area contributed by atoms with Crippen molar-refractivity contribution in [3.63, 3.8) is 0 Å². The highest BCUT2D eigenvalue weighted by Gasteiger charge is 2.45. The summed E-state index contributed by atoms with van der Waals surface area (Å²) in [5, 5.41) is 11.8. The number of ether oxygens (including phenoxy) is 1. The van der Waals surface area contributed by atoms with Crippen LogP contribution in [0.25, 0.3) is 17.4 Å².